The highest BCUT2D eigenvalue weighted by Gasteiger charge is 2.47. The van der Waals surface area contributed by atoms with Gasteiger partial charge in [0.25, 0.3) is 11.7 Å². The zero-order chi connectivity index (χ0) is 18.8. The van der Waals surface area contributed by atoms with Crippen molar-refractivity contribution in [1.82, 2.24) is 14.8 Å². The average Bonchev–Trinajstić information content (AvgIpc) is 3.31. The lowest BCUT2D eigenvalue weighted by molar-refractivity contribution is -0.187. The van der Waals surface area contributed by atoms with Crippen molar-refractivity contribution in [3.05, 3.63) is 35.0 Å². The summed E-state index contributed by atoms with van der Waals surface area (Å²) in [5.74, 6) is -1.44. The number of carbonyl (C=O) groups is 1. The number of likely N-dealkylation sites (N-methyl/N-ethyl adjacent to an activating group) is 2. The van der Waals surface area contributed by atoms with Crippen molar-refractivity contribution >= 4 is 16.8 Å². The van der Waals surface area contributed by atoms with Gasteiger partial charge in [-0.15, -0.1) is 0 Å². The molecule has 2 bridgehead atoms. The second-order valence-electron chi connectivity index (χ2n) is 8.11. The Bertz CT molecular complexity index is 913. The summed E-state index contributed by atoms with van der Waals surface area (Å²) in [5.41, 5.74) is 5.23. The van der Waals surface area contributed by atoms with E-state index in [0.29, 0.717) is 31.8 Å². The van der Waals surface area contributed by atoms with Crippen LogP contribution in [0, 0.1) is 6.92 Å². The highest BCUT2D eigenvalue weighted by molar-refractivity contribution is 5.88. The van der Waals surface area contributed by atoms with Gasteiger partial charge in [-0.2, -0.15) is 0 Å². The Labute approximate surface area is 159 Å². The van der Waals surface area contributed by atoms with Crippen LogP contribution < -0.4 is 5.32 Å². The Kier molecular flexibility index (Phi) is 3.86. The molecule has 27 heavy (non-hydrogen) atoms. The molecule has 2 atom stereocenters. The molecule has 3 aliphatic heterocycles. The number of amides is 1. The molecule has 144 valence electrons. The van der Waals surface area contributed by atoms with Crippen LogP contribution in [0.25, 0.3) is 10.9 Å². The minimum absolute atomic E-state index is 0.210. The first-order chi connectivity index (χ1) is 13.0. The molecule has 6 nitrogen and oxygen atoms in total. The Morgan fingerprint density at radius 3 is 2.81 bits per heavy atom. The van der Waals surface area contributed by atoms with Gasteiger partial charge in [0.1, 0.15) is 0 Å². The second-order valence-corrected chi connectivity index (χ2v) is 8.11. The van der Waals surface area contributed by atoms with Crippen molar-refractivity contribution in [2.75, 3.05) is 27.3 Å². The van der Waals surface area contributed by atoms with Gasteiger partial charge >= 0.3 is 0 Å². The minimum Gasteiger partial charge on any atom is -0.354 e. The molecular formula is C21H27N3O3. The first-order valence-corrected chi connectivity index (χ1v) is 9.88. The number of hydrogen-bond acceptors (Lipinski definition) is 4. The highest BCUT2D eigenvalue weighted by Crippen LogP contribution is 2.47. The number of rotatable bonds is 3. The zero-order valence-electron chi connectivity index (χ0n) is 16.2. The molecule has 1 aromatic carbocycles. The largest absolute Gasteiger partial charge is 0.354 e. The summed E-state index contributed by atoms with van der Waals surface area (Å²) in [6.07, 6.45) is 3.45. The van der Waals surface area contributed by atoms with E-state index in [2.05, 4.69) is 47.0 Å². The van der Waals surface area contributed by atoms with E-state index in [1.54, 1.807) is 7.05 Å². The van der Waals surface area contributed by atoms with Crippen LogP contribution in [0.1, 0.15) is 35.7 Å². The standard InChI is InChI=1S/C21H27N3O3/c1-13-4-6-16-15(10-13)19-17-7-5-14(23(17)3)11-18(19)24(16)12-21(20(25)22-2)26-8-9-27-21/h4,6,10,14,17H,5,7-9,11-12H2,1-3H3,(H,22,25). The predicted molar refractivity (Wildman–Crippen MR) is 103 cm³/mol. The number of fused-ring (bicyclic) bond motifs is 6. The van der Waals surface area contributed by atoms with E-state index in [4.69, 9.17) is 9.47 Å². The molecule has 0 aliphatic carbocycles. The van der Waals surface area contributed by atoms with Crippen LogP contribution in [0.5, 0.6) is 0 Å². The van der Waals surface area contributed by atoms with Gasteiger partial charge in [0.2, 0.25) is 0 Å². The molecule has 0 radical (unpaired) electrons. The SMILES string of the molecule is CNC(=O)C1(Cn2c3c(c4cc(C)ccc42)C2CCC(C3)N2C)OCCO1. The lowest BCUT2D eigenvalue weighted by Crippen LogP contribution is -2.50. The van der Waals surface area contributed by atoms with Crippen molar-refractivity contribution in [3.63, 3.8) is 0 Å². The first kappa shape index (κ1) is 17.2. The summed E-state index contributed by atoms with van der Waals surface area (Å²) < 4.78 is 14.0. The fourth-order valence-corrected chi connectivity index (χ4v) is 5.30. The lowest BCUT2D eigenvalue weighted by Gasteiger charge is -2.33. The van der Waals surface area contributed by atoms with Gasteiger partial charge in [-0.25, -0.2) is 0 Å². The van der Waals surface area contributed by atoms with Gasteiger partial charge in [-0.05, 0) is 44.5 Å². The maximum Gasteiger partial charge on any atom is 0.282 e. The minimum atomic E-state index is -1.23. The van der Waals surface area contributed by atoms with E-state index in [1.807, 2.05) is 0 Å². The summed E-state index contributed by atoms with van der Waals surface area (Å²) in [6, 6.07) is 7.66. The summed E-state index contributed by atoms with van der Waals surface area (Å²) in [5, 5.41) is 4.04. The molecule has 0 saturated carbocycles. The fourth-order valence-electron chi connectivity index (χ4n) is 5.30. The van der Waals surface area contributed by atoms with E-state index in [1.165, 1.54) is 40.6 Å². The highest BCUT2D eigenvalue weighted by atomic mass is 16.7. The van der Waals surface area contributed by atoms with Crippen LogP contribution in [0.2, 0.25) is 0 Å². The Hall–Kier alpha value is -1.89. The molecule has 0 spiro atoms. The van der Waals surface area contributed by atoms with E-state index in [-0.39, 0.29) is 5.91 Å². The Morgan fingerprint density at radius 2 is 2.07 bits per heavy atom. The van der Waals surface area contributed by atoms with Crippen molar-refractivity contribution in [2.24, 2.45) is 0 Å². The quantitative estimate of drug-likeness (QED) is 0.901. The number of aryl methyl sites for hydroxylation is 1. The molecule has 1 N–H and O–H groups in total. The lowest BCUT2D eigenvalue weighted by atomic mass is 9.97. The molecule has 3 aliphatic rings. The van der Waals surface area contributed by atoms with Gasteiger partial charge < -0.3 is 19.4 Å². The topological polar surface area (TPSA) is 55.7 Å². The monoisotopic (exact) mass is 369 g/mol. The van der Waals surface area contributed by atoms with Crippen LogP contribution >= 0.6 is 0 Å². The molecule has 2 fully saturated rings. The molecule has 6 heteroatoms. The summed E-state index contributed by atoms with van der Waals surface area (Å²) in [7, 11) is 3.89. The Balaban J connectivity index is 1.69. The molecule has 1 aromatic heterocycles. The van der Waals surface area contributed by atoms with Gasteiger partial charge in [0.15, 0.2) is 0 Å². The first-order valence-electron chi connectivity index (χ1n) is 9.88. The molecule has 2 saturated heterocycles. The number of carbonyl (C=O) groups excluding carboxylic acids is 1. The third-order valence-electron chi connectivity index (χ3n) is 6.67. The molecule has 5 rings (SSSR count). The van der Waals surface area contributed by atoms with E-state index in [0.717, 1.165) is 6.42 Å². The van der Waals surface area contributed by atoms with Crippen LogP contribution in [-0.2, 0) is 27.2 Å². The molecule has 2 aromatic rings. The maximum atomic E-state index is 12.6. The number of ether oxygens (including phenoxy) is 2. The Morgan fingerprint density at radius 1 is 1.30 bits per heavy atom. The van der Waals surface area contributed by atoms with Crippen molar-refractivity contribution in [2.45, 2.75) is 50.6 Å². The van der Waals surface area contributed by atoms with Gasteiger partial charge in [-0.1, -0.05) is 11.6 Å². The second kappa shape index (κ2) is 6.06. The van der Waals surface area contributed by atoms with Crippen molar-refractivity contribution in [1.29, 1.82) is 0 Å². The van der Waals surface area contributed by atoms with Gasteiger partial charge in [0.05, 0.1) is 19.8 Å². The zero-order valence-corrected chi connectivity index (χ0v) is 16.2. The number of nitrogens with one attached hydrogen (secondary N) is 1. The molecule has 1 amide bonds. The number of nitrogens with zero attached hydrogens (tertiary/aromatic N) is 2. The number of aromatic nitrogens is 1. The van der Waals surface area contributed by atoms with Crippen LogP contribution in [-0.4, -0.2) is 54.5 Å². The van der Waals surface area contributed by atoms with E-state index < -0.39 is 5.79 Å². The third kappa shape index (κ3) is 2.40. The van der Waals surface area contributed by atoms with Crippen LogP contribution in [0.4, 0.5) is 0 Å². The molecule has 2 unspecified atom stereocenters. The van der Waals surface area contributed by atoms with Crippen molar-refractivity contribution in [3.8, 4) is 0 Å². The smallest absolute Gasteiger partial charge is 0.282 e. The van der Waals surface area contributed by atoms with Crippen LogP contribution in [0.15, 0.2) is 18.2 Å². The number of hydrogen-bond donors (Lipinski definition) is 1. The summed E-state index contributed by atoms with van der Waals surface area (Å²) in [4.78, 5) is 15.2. The summed E-state index contributed by atoms with van der Waals surface area (Å²) in [6.45, 7) is 3.43. The maximum absolute atomic E-state index is 12.6. The van der Waals surface area contributed by atoms with E-state index >= 15 is 0 Å². The van der Waals surface area contributed by atoms with E-state index in [9.17, 15) is 4.79 Å². The molecule has 4 heterocycles. The fraction of sp³-hybridized carbons (Fsp3) is 0.571. The summed E-state index contributed by atoms with van der Waals surface area (Å²) >= 11 is 0. The number of benzene rings is 1. The predicted octanol–water partition coefficient (Wildman–Crippen LogP) is 2.13. The molecular weight excluding hydrogens is 342 g/mol. The van der Waals surface area contributed by atoms with Crippen molar-refractivity contribution < 1.29 is 14.3 Å². The average molecular weight is 369 g/mol. The third-order valence-corrected chi connectivity index (χ3v) is 6.67. The van der Waals surface area contributed by atoms with Gasteiger partial charge in [-0.3, -0.25) is 9.69 Å². The van der Waals surface area contributed by atoms with Gasteiger partial charge in [0, 0.05) is 42.1 Å². The van der Waals surface area contributed by atoms with Crippen LogP contribution in [0.3, 0.4) is 0 Å². The normalized spacial score (nSPS) is 26.5.